The Labute approximate surface area is 113 Å². The number of hydrogen-bond acceptors (Lipinski definition) is 4. The summed E-state index contributed by atoms with van der Waals surface area (Å²) in [6.07, 6.45) is 0. The number of ether oxygens (including phenoxy) is 1. The van der Waals surface area contributed by atoms with Gasteiger partial charge in [-0.3, -0.25) is 0 Å². The molecule has 0 atom stereocenters. The van der Waals surface area contributed by atoms with Crippen LogP contribution in [0, 0.1) is 11.6 Å². The van der Waals surface area contributed by atoms with Gasteiger partial charge in [-0.25, -0.2) is 18.7 Å². The Hall–Kier alpha value is -1.79. The van der Waals surface area contributed by atoms with Crippen molar-refractivity contribution in [2.45, 2.75) is 6.61 Å². The molecule has 100 valence electrons. The van der Waals surface area contributed by atoms with Gasteiger partial charge in [0.2, 0.25) is 0 Å². The van der Waals surface area contributed by atoms with Crippen molar-refractivity contribution in [1.82, 2.24) is 9.97 Å². The number of benzene rings is 1. The quantitative estimate of drug-likeness (QED) is 0.876. The van der Waals surface area contributed by atoms with Crippen molar-refractivity contribution >= 4 is 23.1 Å². The van der Waals surface area contributed by atoms with Crippen LogP contribution in [0.4, 0.5) is 20.3 Å². The second kappa shape index (κ2) is 5.90. The van der Waals surface area contributed by atoms with E-state index in [-0.39, 0.29) is 17.4 Å². The Morgan fingerprint density at radius 3 is 2.47 bits per heavy atom. The van der Waals surface area contributed by atoms with Gasteiger partial charge in [0.25, 0.3) is 0 Å². The molecule has 1 aromatic heterocycles. The average Bonchev–Trinajstić information content (AvgIpc) is 2.26. The number of nitrogens with one attached hydrogen (secondary N) is 1. The Kier molecular flexibility index (Phi) is 4.24. The van der Waals surface area contributed by atoms with Gasteiger partial charge >= 0.3 is 0 Å². The molecule has 1 aromatic carbocycles. The van der Waals surface area contributed by atoms with Crippen LogP contribution in [0.2, 0.25) is 5.15 Å². The Bertz CT molecular complexity index is 575. The Balaban J connectivity index is 2.27. The first-order valence-electron chi connectivity index (χ1n) is 5.32. The largest absolute Gasteiger partial charge is 0.377 e. The van der Waals surface area contributed by atoms with E-state index in [9.17, 15) is 8.78 Å². The molecular weight excluding hydrogens is 276 g/mol. The van der Waals surface area contributed by atoms with Gasteiger partial charge in [0.15, 0.2) is 5.82 Å². The predicted molar refractivity (Wildman–Crippen MR) is 67.4 cm³/mol. The van der Waals surface area contributed by atoms with E-state index in [4.69, 9.17) is 16.3 Å². The van der Waals surface area contributed by atoms with E-state index in [1.807, 2.05) is 0 Å². The summed E-state index contributed by atoms with van der Waals surface area (Å²) in [6, 6.07) is 4.53. The molecule has 0 saturated heterocycles. The standard InChI is InChI=1S/C12H10ClF2N3O/c1-19-6-12-17-10(13)5-11(18-12)16-9-3-7(14)2-8(15)4-9/h2-5H,6H2,1H3,(H,16,17,18). The fourth-order valence-corrected chi connectivity index (χ4v) is 1.70. The number of aromatic nitrogens is 2. The predicted octanol–water partition coefficient (Wildman–Crippen LogP) is 3.30. The minimum absolute atomic E-state index is 0.187. The second-order valence-electron chi connectivity index (χ2n) is 3.71. The number of hydrogen-bond donors (Lipinski definition) is 1. The molecular formula is C12H10ClF2N3O. The molecule has 0 radical (unpaired) electrons. The van der Waals surface area contributed by atoms with Gasteiger partial charge in [-0.1, -0.05) is 11.6 Å². The summed E-state index contributed by atoms with van der Waals surface area (Å²) in [5, 5.41) is 2.96. The van der Waals surface area contributed by atoms with Gasteiger partial charge in [0.1, 0.15) is 29.2 Å². The fraction of sp³-hybridized carbons (Fsp3) is 0.167. The minimum Gasteiger partial charge on any atom is -0.377 e. The highest BCUT2D eigenvalue weighted by molar-refractivity contribution is 6.29. The first-order chi connectivity index (χ1) is 9.06. The summed E-state index contributed by atoms with van der Waals surface area (Å²) in [5.41, 5.74) is 0.232. The SMILES string of the molecule is COCc1nc(Cl)cc(Nc2cc(F)cc(F)c2)n1. The van der Waals surface area contributed by atoms with Gasteiger partial charge in [-0.05, 0) is 12.1 Å². The minimum atomic E-state index is -0.681. The summed E-state index contributed by atoms with van der Waals surface area (Å²) in [4.78, 5) is 8.04. The lowest BCUT2D eigenvalue weighted by Gasteiger charge is -2.08. The third-order valence-electron chi connectivity index (χ3n) is 2.15. The third kappa shape index (κ3) is 3.84. The van der Waals surface area contributed by atoms with E-state index >= 15 is 0 Å². The Morgan fingerprint density at radius 1 is 1.16 bits per heavy atom. The monoisotopic (exact) mass is 285 g/mol. The van der Waals surface area contributed by atoms with E-state index in [1.54, 1.807) is 0 Å². The maximum atomic E-state index is 13.1. The van der Waals surface area contributed by atoms with Crippen LogP contribution in [-0.2, 0) is 11.3 Å². The summed E-state index contributed by atoms with van der Waals surface area (Å²) in [6.45, 7) is 0.187. The zero-order valence-corrected chi connectivity index (χ0v) is 10.7. The van der Waals surface area contributed by atoms with E-state index in [1.165, 1.54) is 13.2 Å². The van der Waals surface area contributed by atoms with Crippen LogP contribution in [0.1, 0.15) is 5.82 Å². The molecule has 0 bridgehead atoms. The molecule has 0 aliphatic heterocycles. The molecule has 1 N–H and O–H groups in total. The molecule has 0 amide bonds. The molecule has 19 heavy (non-hydrogen) atoms. The van der Waals surface area contributed by atoms with E-state index in [0.717, 1.165) is 18.2 Å². The number of anilines is 2. The van der Waals surface area contributed by atoms with Crippen LogP contribution < -0.4 is 5.32 Å². The molecule has 4 nitrogen and oxygen atoms in total. The molecule has 1 heterocycles. The summed E-state index contributed by atoms with van der Waals surface area (Å²) < 4.78 is 31.0. The smallest absolute Gasteiger partial charge is 0.158 e. The second-order valence-corrected chi connectivity index (χ2v) is 4.10. The first-order valence-corrected chi connectivity index (χ1v) is 5.70. The van der Waals surface area contributed by atoms with Crippen molar-refractivity contribution in [2.75, 3.05) is 12.4 Å². The lowest BCUT2D eigenvalue weighted by molar-refractivity contribution is 0.178. The maximum absolute atomic E-state index is 13.1. The molecule has 7 heteroatoms. The zero-order valence-electron chi connectivity index (χ0n) is 9.95. The van der Waals surface area contributed by atoms with Crippen molar-refractivity contribution in [3.8, 4) is 0 Å². The fourth-order valence-electron chi connectivity index (χ4n) is 1.50. The Morgan fingerprint density at radius 2 is 1.84 bits per heavy atom. The molecule has 0 spiro atoms. The van der Waals surface area contributed by atoms with Crippen molar-refractivity contribution in [2.24, 2.45) is 0 Å². The van der Waals surface area contributed by atoms with Crippen LogP contribution in [0.3, 0.4) is 0 Å². The molecule has 0 saturated carbocycles. The lowest BCUT2D eigenvalue weighted by Crippen LogP contribution is -2.02. The van der Waals surface area contributed by atoms with Gasteiger partial charge in [-0.15, -0.1) is 0 Å². The van der Waals surface area contributed by atoms with Crippen LogP contribution >= 0.6 is 11.6 Å². The topological polar surface area (TPSA) is 47.0 Å². The van der Waals surface area contributed by atoms with Gasteiger partial charge in [-0.2, -0.15) is 0 Å². The number of halogens is 3. The highest BCUT2D eigenvalue weighted by Crippen LogP contribution is 2.19. The highest BCUT2D eigenvalue weighted by atomic mass is 35.5. The summed E-state index contributed by atoms with van der Waals surface area (Å²) in [7, 11) is 1.50. The number of nitrogens with zero attached hydrogens (tertiary/aromatic N) is 2. The van der Waals surface area contributed by atoms with Crippen molar-refractivity contribution in [1.29, 1.82) is 0 Å². The van der Waals surface area contributed by atoms with Crippen LogP contribution in [-0.4, -0.2) is 17.1 Å². The molecule has 0 aliphatic rings. The van der Waals surface area contributed by atoms with Gasteiger partial charge in [0, 0.05) is 24.9 Å². The number of methoxy groups -OCH3 is 1. The first kappa shape index (κ1) is 13.6. The van der Waals surface area contributed by atoms with Crippen LogP contribution in [0.15, 0.2) is 24.3 Å². The zero-order chi connectivity index (χ0) is 13.8. The van der Waals surface area contributed by atoms with E-state index < -0.39 is 11.6 Å². The summed E-state index contributed by atoms with van der Waals surface area (Å²) in [5.74, 6) is -0.661. The third-order valence-corrected chi connectivity index (χ3v) is 2.34. The van der Waals surface area contributed by atoms with Crippen LogP contribution in [0.25, 0.3) is 0 Å². The lowest BCUT2D eigenvalue weighted by atomic mass is 10.3. The molecule has 2 aromatic rings. The number of rotatable bonds is 4. The van der Waals surface area contributed by atoms with Crippen molar-refractivity contribution < 1.29 is 13.5 Å². The molecule has 2 rings (SSSR count). The van der Waals surface area contributed by atoms with E-state index in [0.29, 0.717) is 11.6 Å². The van der Waals surface area contributed by atoms with Gasteiger partial charge < -0.3 is 10.1 Å². The highest BCUT2D eigenvalue weighted by Gasteiger charge is 2.05. The molecule has 0 unspecified atom stereocenters. The average molecular weight is 286 g/mol. The van der Waals surface area contributed by atoms with Crippen LogP contribution in [0.5, 0.6) is 0 Å². The van der Waals surface area contributed by atoms with Gasteiger partial charge in [0.05, 0.1) is 0 Å². The van der Waals surface area contributed by atoms with E-state index in [2.05, 4.69) is 15.3 Å². The summed E-state index contributed by atoms with van der Waals surface area (Å²) >= 11 is 5.82. The van der Waals surface area contributed by atoms with Crippen molar-refractivity contribution in [3.05, 3.63) is 46.9 Å². The van der Waals surface area contributed by atoms with Crippen molar-refractivity contribution in [3.63, 3.8) is 0 Å². The molecule has 0 aliphatic carbocycles. The normalized spacial score (nSPS) is 10.5. The molecule has 0 fully saturated rings. The maximum Gasteiger partial charge on any atom is 0.158 e.